The lowest BCUT2D eigenvalue weighted by atomic mass is 9.93. The zero-order valence-electron chi connectivity index (χ0n) is 19.8. The summed E-state index contributed by atoms with van der Waals surface area (Å²) in [6, 6.07) is 4.96. The molecule has 1 aliphatic carbocycles. The second-order valence-corrected chi connectivity index (χ2v) is 9.94. The van der Waals surface area contributed by atoms with Crippen molar-refractivity contribution in [1.29, 1.82) is 0 Å². The Morgan fingerprint density at radius 1 is 0.909 bits per heavy atom. The quantitative estimate of drug-likeness (QED) is 0.302. The number of nitrogens with one attached hydrogen (secondary N) is 1. The number of amides is 3. The third-order valence-corrected chi connectivity index (χ3v) is 7.53. The van der Waals surface area contributed by atoms with E-state index in [0.717, 1.165) is 23.7 Å². The van der Waals surface area contributed by atoms with Gasteiger partial charge in [0.15, 0.2) is 0 Å². The van der Waals surface area contributed by atoms with Crippen molar-refractivity contribution in [2.24, 2.45) is 5.92 Å². The average Bonchev–Trinajstić information content (AvgIpc) is 2.97. The molecule has 2 fully saturated rings. The molecule has 2 aliphatic heterocycles. The Morgan fingerprint density at radius 3 is 2.45 bits per heavy atom. The molecule has 180 valence electrons. The molecule has 1 atom stereocenters. The molecule has 1 aromatic carbocycles. The third-order valence-electron chi connectivity index (χ3n) is 7.53. The van der Waals surface area contributed by atoms with Crippen molar-refractivity contribution in [3.8, 4) is 5.75 Å². The van der Waals surface area contributed by atoms with Crippen LogP contribution >= 0.6 is 0 Å². The smallest absolute Gasteiger partial charge is 0.255 e. The fraction of sp³-hybridized carbons (Fsp3) is 0.667. The van der Waals surface area contributed by atoms with Gasteiger partial charge in [0.1, 0.15) is 11.8 Å². The van der Waals surface area contributed by atoms with Gasteiger partial charge >= 0.3 is 0 Å². The second kappa shape index (κ2) is 11.7. The van der Waals surface area contributed by atoms with E-state index in [1.54, 1.807) is 11.0 Å². The summed E-state index contributed by atoms with van der Waals surface area (Å²) in [5, 5.41) is 2.35. The van der Waals surface area contributed by atoms with Crippen LogP contribution in [0.15, 0.2) is 18.2 Å². The lowest BCUT2D eigenvalue weighted by Gasteiger charge is -2.29. The van der Waals surface area contributed by atoms with Crippen LogP contribution in [0.1, 0.15) is 106 Å². The predicted octanol–water partition coefficient (Wildman–Crippen LogP) is 5.14. The Kier molecular flexibility index (Phi) is 8.40. The van der Waals surface area contributed by atoms with Crippen molar-refractivity contribution in [1.82, 2.24) is 10.2 Å². The highest BCUT2D eigenvalue weighted by atomic mass is 16.5. The predicted molar refractivity (Wildman–Crippen MR) is 127 cm³/mol. The molecule has 0 spiro atoms. The SMILES string of the molecule is O=C1CCC(N2Cc3c(OCCCCCCCC4CCCCCC4)cccc3C2=O)C(=O)N1. The topological polar surface area (TPSA) is 75.7 Å². The van der Waals surface area contributed by atoms with Gasteiger partial charge in [-0.25, -0.2) is 0 Å². The van der Waals surface area contributed by atoms with Crippen molar-refractivity contribution < 1.29 is 19.1 Å². The first kappa shape index (κ1) is 23.8. The van der Waals surface area contributed by atoms with Gasteiger partial charge in [0.2, 0.25) is 11.8 Å². The Morgan fingerprint density at radius 2 is 1.67 bits per heavy atom. The summed E-state index contributed by atoms with van der Waals surface area (Å²) in [4.78, 5) is 38.2. The molecular weight excluding hydrogens is 416 g/mol. The van der Waals surface area contributed by atoms with Crippen molar-refractivity contribution in [3.05, 3.63) is 29.3 Å². The number of hydrogen-bond donors (Lipinski definition) is 1. The minimum atomic E-state index is -0.589. The molecule has 0 radical (unpaired) electrons. The van der Waals surface area contributed by atoms with Crippen LogP contribution in [0.2, 0.25) is 0 Å². The van der Waals surface area contributed by atoms with Gasteiger partial charge in [-0.3, -0.25) is 19.7 Å². The molecular formula is C27H38N2O4. The van der Waals surface area contributed by atoms with E-state index in [4.69, 9.17) is 4.74 Å². The zero-order chi connectivity index (χ0) is 23.0. The summed E-state index contributed by atoms with van der Waals surface area (Å²) in [7, 11) is 0. The van der Waals surface area contributed by atoms with Crippen LogP contribution < -0.4 is 10.1 Å². The van der Waals surface area contributed by atoms with Crippen molar-refractivity contribution in [2.75, 3.05) is 6.61 Å². The van der Waals surface area contributed by atoms with E-state index in [0.29, 0.717) is 25.1 Å². The van der Waals surface area contributed by atoms with Crippen molar-refractivity contribution in [2.45, 2.75) is 102 Å². The molecule has 0 bridgehead atoms. The normalized spacial score (nSPS) is 21.6. The summed E-state index contributed by atoms with van der Waals surface area (Å²) in [6.45, 7) is 1.00. The van der Waals surface area contributed by atoms with Crippen LogP contribution in [0, 0.1) is 5.92 Å². The molecule has 1 unspecified atom stereocenters. The molecule has 1 aromatic rings. The largest absolute Gasteiger partial charge is 0.493 e. The fourth-order valence-corrected chi connectivity index (χ4v) is 5.59. The van der Waals surface area contributed by atoms with E-state index < -0.39 is 6.04 Å². The van der Waals surface area contributed by atoms with Gasteiger partial charge in [-0.05, 0) is 30.9 Å². The number of imide groups is 1. The van der Waals surface area contributed by atoms with Crippen LogP contribution in [-0.2, 0) is 16.1 Å². The van der Waals surface area contributed by atoms with Crippen LogP contribution in [0.3, 0.4) is 0 Å². The van der Waals surface area contributed by atoms with Crippen LogP contribution in [-0.4, -0.2) is 35.3 Å². The molecule has 1 saturated heterocycles. The van der Waals surface area contributed by atoms with Gasteiger partial charge in [-0.15, -0.1) is 0 Å². The Labute approximate surface area is 197 Å². The van der Waals surface area contributed by atoms with E-state index >= 15 is 0 Å². The Balaban J connectivity index is 1.18. The lowest BCUT2D eigenvalue weighted by molar-refractivity contribution is -0.136. The zero-order valence-corrected chi connectivity index (χ0v) is 19.8. The number of unbranched alkanes of at least 4 members (excludes halogenated alkanes) is 4. The number of ether oxygens (including phenoxy) is 1. The molecule has 6 nitrogen and oxygen atoms in total. The van der Waals surface area contributed by atoms with E-state index in [9.17, 15) is 14.4 Å². The highest BCUT2D eigenvalue weighted by Gasteiger charge is 2.40. The van der Waals surface area contributed by atoms with E-state index in [-0.39, 0.29) is 24.1 Å². The summed E-state index contributed by atoms with van der Waals surface area (Å²) < 4.78 is 6.06. The van der Waals surface area contributed by atoms with E-state index in [1.807, 2.05) is 12.1 Å². The summed E-state index contributed by atoms with van der Waals surface area (Å²) in [5.74, 6) is 0.906. The number of hydrogen-bond acceptors (Lipinski definition) is 4. The van der Waals surface area contributed by atoms with Gasteiger partial charge in [0.05, 0.1) is 13.2 Å². The number of carbonyl (C=O) groups is 3. The van der Waals surface area contributed by atoms with Crippen molar-refractivity contribution >= 4 is 17.7 Å². The lowest BCUT2D eigenvalue weighted by Crippen LogP contribution is -2.52. The molecule has 1 N–H and O–H groups in total. The van der Waals surface area contributed by atoms with Crippen LogP contribution in [0.4, 0.5) is 0 Å². The number of carbonyl (C=O) groups excluding carboxylic acids is 3. The number of fused-ring (bicyclic) bond motifs is 1. The van der Waals surface area contributed by atoms with Crippen molar-refractivity contribution in [3.63, 3.8) is 0 Å². The molecule has 3 aliphatic rings. The fourth-order valence-electron chi connectivity index (χ4n) is 5.59. The third kappa shape index (κ3) is 6.15. The van der Waals surface area contributed by atoms with Crippen LogP contribution in [0.25, 0.3) is 0 Å². The summed E-state index contributed by atoms with van der Waals surface area (Å²) in [6.07, 6.45) is 16.8. The number of piperidine rings is 1. The first-order valence-corrected chi connectivity index (χ1v) is 13.0. The summed E-state index contributed by atoms with van der Waals surface area (Å²) in [5.41, 5.74) is 1.46. The molecule has 33 heavy (non-hydrogen) atoms. The molecule has 4 rings (SSSR count). The van der Waals surface area contributed by atoms with Gasteiger partial charge in [-0.2, -0.15) is 0 Å². The first-order chi connectivity index (χ1) is 16.1. The van der Waals surface area contributed by atoms with Crippen LogP contribution in [0.5, 0.6) is 5.75 Å². The first-order valence-electron chi connectivity index (χ1n) is 13.0. The minimum Gasteiger partial charge on any atom is -0.493 e. The molecule has 2 heterocycles. The Bertz CT molecular complexity index is 845. The Hall–Kier alpha value is -2.37. The molecule has 3 amide bonds. The van der Waals surface area contributed by atoms with Gasteiger partial charge in [0.25, 0.3) is 5.91 Å². The highest BCUT2D eigenvalue weighted by molar-refractivity contribution is 6.05. The monoisotopic (exact) mass is 454 g/mol. The van der Waals surface area contributed by atoms with E-state index in [1.165, 1.54) is 70.6 Å². The number of benzene rings is 1. The minimum absolute atomic E-state index is 0.154. The number of rotatable bonds is 10. The maximum absolute atomic E-state index is 12.9. The number of nitrogens with zero attached hydrogens (tertiary/aromatic N) is 1. The molecule has 6 heteroatoms. The summed E-state index contributed by atoms with van der Waals surface area (Å²) >= 11 is 0. The van der Waals surface area contributed by atoms with Gasteiger partial charge in [0, 0.05) is 17.5 Å². The average molecular weight is 455 g/mol. The standard InChI is InChI=1S/C27H38N2O4/c30-25-17-16-23(26(31)28-25)29-19-22-21(27(29)32)14-10-15-24(22)33-18-9-5-1-2-6-11-20-12-7-3-4-8-13-20/h10,14-15,20,23H,1-9,11-13,16-19H2,(H,28,30,31). The highest BCUT2D eigenvalue weighted by Crippen LogP contribution is 2.33. The molecule has 0 aromatic heterocycles. The molecule has 1 saturated carbocycles. The maximum Gasteiger partial charge on any atom is 0.255 e. The maximum atomic E-state index is 12.9. The van der Waals surface area contributed by atoms with E-state index in [2.05, 4.69) is 5.32 Å². The van der Waals surface area contributed by atoms with Gasteiger partial charge in [-0.1, -0.05) is 76.7 Å². The second-order valence-electron chi connectivity index (χ2n) is 9.94. The van der Waals surface area contributed by atoms with Gasteiger partial charge < -0.3 is 9.64 Å².